The number of unbranched alkanes of at least 4 members (excludes halogenated alkanes) is 2. The summed E-state index contributed by atoms with van der Waals surface area (Å²) in [4.78, 5) is 10.5. The maximum absolute atomic E-state index is 12.0. The van der Waals surface area contributed by atoms with Crippen LogP contribution in [0.25, 0.3) is 0 Å². The minimum atomic E-state index is -3.60. The van der Waals surface area contributed by atoms with Crippen LogP contribution in [-0.4, -0.2) is 32.6 Å². The van der Waals surface area contributed by atoms with Crippen molar-refractivity contribution in [2.45, 2.75) is 43.9 Å². The third-order valence-corrected chi connectivity index (χ3v) is 4.49. The zero-order chi connectivity index (χ0) is 16.4. The maximum Gasteiger partial charge on any atom is 0.303 e. The van der Waals surface area contributed by atoms with Crippen molar-refractivity contribution in [3.63, 3.8) is 0 Å². The number of benzene rings is 1. The Morgan fingerprint density at radius 2 is 1.86 bits per heavy atom. The summed E-state index contributed by atoms with van der Waals surface area (Å²) in [5.41, 5.74) is 0. The third kappa shape index (κ3) is 6.91. The van der Waals surface area contributed by atoms with Crippen LogP contribution in [0.4, 0.5) is 0 Å². The monoisotopic (exact) mass is 329 g/mol. The lowest BCUT2D eigenvalue weighted by atomic mass is 10.3. The van der Waals surface area contributed by atoms with Gasteiger partial charge in [0.15, 0.2) is 0 Å². The number of carboxylic acid groups (broad SMARTS) is 1. The van der Waals surface area contributed by atoms with Gasteiger partial charge in [0.25, 0.3) is 0 Å². The van der Waals surface area contributed by atoms with E-state index >= 15 is 0 Å². The summed E-state index contributed by atoms with van der Waals surface area (Å²) in [7, 11) is -3.60. The molecule has 22 heavy (non-hydrogen) atoms. The number of rotatable bonds is 11. The Balaban J connectivity index is 2.48. The van der Waals surface area contributed by atoms with Crippen LogP contribution in [0.1, 0.15) is 39.0 Å². The SMILES string of the molecule is CCCCCOc1ccc(S(=O)(=O)NCCCC(=O)O)cc1. The predicted octanol–water partition coefficient (Wildman–Crippen LogP) is 2.40. The van der Waals surface area contributed by atoms with E-state index in [-0.39, 0.29) is 24.3 Å². The van der Waals surface area contributed by atoms with Crippen molar-refractivity contribution in [3.8, 4) is 5.75 Å². The second-order valence-electron chi connectivity index (χ2n) is 4.92. The van der Waals surface area contributed by atoms with Gasteiger partial charge in [-0.3, -0.25) is 4.79 Å². The van der Waals surface area contributed by atoms with Gasteiger partial charge in [-0.2, -0.15) is 0 Å². The van der Waals surface area contributed by atoms with Crippen LogP contribution in [-0.2, 0) is 14.8 Å². The summed E-state index contributed by atoms with van der Waals surface area (Å²) in [6.07, 6.45) is 3.39. The van der Waals surface area contributed by atoms with Crippen LogP contribution in [0.5, 0.6) is 5.75 Å². The fourth-order valence-electron chi connectivity index (χ4n) is 1.79. The Morgan fingerprint density at radius 1 is 1.18 bits per heavy atom. The minimum Gasteiger partial charge on any atom is -0.494 e. The molecule has 0 amide bonds. The van der Waals surface area contributed by atoms with Gasteiger partial charge < -0.3 is 9.84 Å². The molecule has 124 valence electrons. The number of carbonyl (C=O) groups is 1. The molecule has 0 aromatic heterocycles. The Morgan fingerprint density at radius 3 is 2.45 bits per heavy atom. The largest absolute Gasteiger partial charge is 0.494 e. The van der Waals surface area contributed by atoms with Gasteiger partial charge in [-0.15, -0.1) is 0 Å². The Bertz CT molecular complexity index is 554. The first kappa shape index (κ1) is 18.4. The highest BCUT2D eigenvalue weighted by molar-refractivity contribution is 7.89. The topological polar surface area (TPSA) is 92.7 Å². The molecule has 2 N–H and O–H groups in total. The Labute approximate surface area is 131 Å². The molecule has 0 saturated carbocycles. The van der Waals surface area contributed by atoms with Crippen LogP contribution in [0.3, 0.4) is 0 Å². The number of nitrogens with one attached hydrogen (secondary N) is 1. The lowest BCUT2D eigenvalue weighted by Crippen LogP contribution is -2.25. The van der Waals surface area contributed by atoms with Crippen molar-refractivity contribution in [1.82, 2.24) is 4.72 Å². The van der Waals surface area contributed by atoms with Crippen molar-refractivity contribution in [3.05, 3.63) is 24.3 Å². The summed E-state index contributed by atoms with van der Waals surface area (Å²) in [5.74, 6) is -0.301. The fraction of sp³-hybridized carbons (Fsp3) is 0.533. The number of aliphatic carboxylic acids is 1. The lowest BCUT2D eigenvalue weighted by molar-refractivity contribution is -0.137. The first-order valence-corrected chi connectivity index (χ1v) is 8.88. The molecular weight excluding hydrogens is 306 g/mol. The highest BCUT2D eigenvalue weighted by atomic mass is 32.2. The molecule has 0 aliphatic heterocycles. The number of hydrogen-bond acceptors (Lipinski definition) is 4. The first-order chi connectivity index (χ1) is 10.5. The molecule has 0 unspecified atom stereocenters. The number of carboxylic acids is 1. The average Bonchev–Trinajstić information content (AvgIpc) is 2.48. The number of hydrogen-bond donors (Lipinski definition) is 2. The predicted molar refractivity (Wildman–Crippen MR) is 83.5 cm³/mol. The molecule has 6 nitrogen and oxygen atoms in total. The summed E-state index contributed by atoms with van der Waals surface area (Å²) < 4.78 is 31.9. The normalized spacial score (nSPS) is 11.3. The van der Waals surface area contributed by atoms with E-state index in [1.165, 1.54) is 12.1 Å². The van der Waals surface area contributed by atoms with Gasteiger partial charge in [-0.25, -0.2) is 13.1 Å². The Hall–Kier alpha value is -1.60. The molecule has 0 fully saturated rings. The van der Waals surface area contributed by atoms with Gasteiger partial charge in [-0.1, -0.05) is 19.8 Å². The second-order valence-corrected chi connectivity index (χ2v) is 6.69. The highest BCUT2D eigenvalue weighted by Crippen LogP contribution is 2.16. The van der Waals surface area contributed by atoms with E-state index in [4.69, 9.17) is 9.84 Å². The zero-order valence-corrected chi connectivity index (χ0v) is 13.6. The van der Waals surface area contributed by atoms with Crippen molar-refractivity contribution >= 4 is 16.0 Å². The van der Waals surface area contributed by atoms with Crippen molar-refractivity contribution in [2.24, 2.45) is 0 Å². The standard InChI is InChI=1S/C15H23NO5S/c1-2-3-4-12-21-13-7-9-14(10-8-13)22(19,20)16-11-5-6-15(17)18/h7-10,16H,2-6,11-12H2,1H3,(H,17,18). The number of sulfonamides is 1. The van der Waals surface area contributed by atoms with Gasteiger partial charge in [0.05, 0.1) is 11.5 Å². The van der Waals surface area contributed by atoms with E-state index in [0.717, 1.165) is 19.3 Å². The molecule has 1 aromatic carbocycles. The molecule has 0 aliphatic carbocycles. The van der Waals surface area contributed by atoms with Crippen LogP contribution in [0, 0.1) is 0 Å². The molecule has 0 saturated heterocycles. The molecule has 7 heteroatoms. The minimum absolute atomic E-state index is 0.0624. The van der Waals surface area contributed by atoms with Crippen LogP contribution < -0.4 is 9.46 Å². The van der Waals surface area contributed by atoms with Crippen LogP contribution >= 0.6 is 0 Å². The van der Waals surface area contributed by atoms with Crippen molar-refractivity contribution in [1.29, 1.82) is 0 Å². The van der Waals surface area contributed by atoms with Gasteiger partial charge in [0, 0.05) is 13.0 Å². The van der Waals surface area contributed by atoms with E-state index in [1.807, 2.05) is 0 Å². The lowest BCUT2D eigenvalue weighted by Gasteiger charge is -2.08. The molecule has 0 spiro atoms. The smallest absolute Gasteiger partial charge is 0.303 e. The van der Waals surface area contributed by atoms with Gasteiger partial charge in [0.2, 0.25) is 10.0 Å². The first-order valence-electron chi connectivity index (χ1n) is 7.40. The summed E-state index contributed by atoms with van der Waals surface area (Å²) >= 11 is 0. The molecule has 0 bridgehead atoms. The van der Waals surface area contributed by atoms with Gasteiger partial charge in [-0.05, 0) is 37.1 Å². The maximum atomic E-state index is 12.0. The van der Waals surface area contributed by atoms with Crippen molar-refractivity contribution < 1.29 is 23.1 Å². The zero-order valence-electron chi connectivity index (χ0n) is 12.7. The molecule has 1 aromatic rings. The average molecular weight is 329 g/mol. The quantitative estimate of drug-likeness (QED) is 0.608. The summed E-state index contributed by atoms with van der Waals surface area (Å²) in [6.45, 7) is 2.83. The third-order valence-electron chi connectivity index (χ3n) is 3.01. The van der Waals surface area contributed by atoms with E-state index in [9.17, 15) is 13.2 Å². The van der Waals surface area contributed by atoms with E-state index < -0.39 is 16.0 Å². The number of ether oxygens (including phenoxy) is 1. The summed E-state index contributed by atoms with van der Waals surface area (Å²) in [5, 5.41) is 8.50. The molecule has 0 heterocycles. The molecule has 0 radical (unpaired) electrons. The van der Waals surface area contributed by atoms with E-state index in [2.05, 4.69) is 11.6 Å². The second kappa shape index (κ2) is 9.42. The van der Waals surface area contributed by atoms with E-state index in [0.29, 0.717) is 12.4 Å². The van der Waals surface area contributed by atoms with Crippen molar-refractivity contribution in [2.75, 3.05) is 13.2 Å². The van der Waals surface area contributed by atoms with Crippen LogP contribution in [0.2, 0.25) is 0 Å². The van der Waals surface area contributed by atoms with Gasteiger partial charge >= 0.3 is 5.97 Å². The highest BCUT2D eigenvalue weighted by Gasteiger charge is 2.13. The molecule has 0 aliphatic rings. The summed E-state index contributed by atoms with van der Waals surface area (Å²) in [6, 6.07) is 6.21. The Kier molecular flexibility index (Phi) is 7.90. The van der Waals surface area contributed by atoms with E-state index in [1.54, 1.807) is 12.1 Å². The van der Waals surface area contributed by atoms with Crippen LogP contribution in [0.15, 0.2) is 29.2 Å². The molecule has 0 atom stereocenters. The molecule has 1 rings (SSSR count). The molecular formula is C15H23NO5S. The fourth-order valence-corrected chi connectivity index (χ4v) is 2.86. The van der Waals surface area contributed by atoms with Gasteiger partial charge in [0.1, 0.15) is 5.75 Å².